The molecule has 0 aliphatic heterocycles. The monoisotopic (exact) mass is 207 g/mol. The van der Waals surface area contributed by atoms with Gasteiger partial charge in [-0.1, -0.05) is 0 Å². The SMILES string of the molecule is Cc1nc(-c2ccsn2)c(=O)[nH]c1C. The van der Waals surface area contributed by atoms with E-state index in [-0.39, 0.29) is 5.56 Å². The van der Waals surface area contributed by atoms with E-state index in [1.807, 2.05) is 19.2 Å². The Kier molecular flexibility index (Phi) is 2.17. The Labute approximate surface area is 84.8 Å². The predicted octanol–water partition coefficient (Wildman–Crippen LogP) is 1.51. The summed E-state index contributed by atoms with van der Waals surface area (Å²) in [4.78, 5) is 18.5. The van der Waals surface area contributed by atoms with Crippen molar-refractivity contribution >= 4 is 11.5 Å². The molecule has 0 amide bonds. The maximum absolute atomic E-state index is 11.5. The van der Waals surface area contributed by atoms with Crippen LogP contribution < -0.4 is 5.56 Å². The summed E-state index contributed by atoms with van der Waals surface area (Å²) in [5, 5.41) is 1.83. The summed E-state index contributed by atoms with van der Waals surface area (Å²) >= 11 is 1.31. The van der Waals surface area contributed by atoms with Gasteiger partial charge in [0, 0.05) is 11.1 Å². The minimum atomic E-state index is -0.181. The van der Waals surface area contributed by atoms with Gasteiger partial charge in [-0.3, -0.25) is 4.79 Å². The zero-order chi connectivity index (χ0) is 10.1. The van der Waals surface area contributed by atoms with E-state index in [0.717, 1.165) is 11.4 Å². The van der Waals surface area contributed by atoms with Crippen molar-refractivity contribution in [2.24, 2.45) is 0 Å². The summed E-state index contributed by atoms with van der Waals surface area (Å²) in [5.41, 5.74) is 2.48. The van der Waals surface area contributed by atoms with E-state index in [9.17, 15) is 4.79 Å². The molecule has 2 heterocycles. The molecular weight excluding hydrogens is 198 g/mol. The van der Waals surface area contributed by atoms with Crippen LogP contribution in [-0.2, 0) is 0 Å². The van der Waals surface area contributed by atoms with Gasteiger partial charge in [-0.2, -0.15) is 4.37 Å². The lowest BCUT2D eigenvalue weighted by Crippen LogP contribution is -2.14. The van der Waals surface area contributed by atoms with Crippen molar-refractivity contribution in [3.63, 3.8) is 0 Å². The molecule has 0 bridgehead atoms. The van der Waals surface area contributed by atoms with Gasteiger partial charge < -0.3 is 4.98 Å². The Bertz CT molecular complexity index is 501. The van der Waals surface area contributed by atoms with Gasteiger partial charge in [-0.05, 0) is 31.4 Å². The molecule has 0 radical (unpaired) electrons. The van der Waals surface area contributed by atoms with Crippen LogP contribution in [0.25, 0.3) is 11.4 Å². The Hall–Kier alpha value is -1.49. The topological polar surface area (TPSA) is 58.6 Å². The van der Waals surface area contributed by atoms with Crippen molar-refractivity contribution in [1.82, 2.24) is 14.3 Å². The van der Waals surface area contributed by atoms with Crippen LogP contribution in [0, 0.1) is 13.8 Å². The van der Waals surface area contributed by atoms with Gasteiger partial charge in [0.05, 0.1) is 5.69 Å². The van der Waals surface area contributed by atoms with Gasteiger partial charge in [0.15, 0.2) is 5.69 Å². The number of nitrogens with one attached hydrogen (secondary N) is 1. The molecule has 0 aliphatic rings. The van der Waals surface area contributed by atoms with Crippen LogP contribution in [0.2, 0.25) is 0 Å². The van der Waals surface area contributed by atoms with Crippen LogP contribution >= 0.6 is 11.5 Å². The van der Waals surface area contributed by atoms with Crippen molar-refractivity contribution in [3.8, 4) is 11.4 Å². The fraction of sp³-hybridized carbons (Fsp3) is 0.222. The molecule has 14 heavy (non-hydrogen) atoms. The van der Waals surface area contributed by atoms with Crippen LogP contribution in [-0.4, -0.2) is 14.3 Å². The number of hydrogen-bond donors (Lipinski definition) is 1. The standard InChI is InChI=1S/C9H9N3OS/c1-5-6(2)11-9(13)8(10-5)7-3-4-14-12-7/h3-4H,1-2H3,(H,11,13). The number of rotatable bonds is 1. The first-order valence-corrected chi connectivity index (χ1v) is 5.00. The third kappa shape index (κ3) is 1.46. The highest BCUT2D eigenvalue weighted by molar-refractivity contribution is 7.03. The van der Waals surface area contributed by atoms with Gasteiger partial charge in [-0.15, -0.1) is 0 Å². The van der Waals surface area contributed by atoms with Gasteiger partial charge >= 0.3 is 0 Å². The number of aromatic nitrogens is 3. The van der Waals surface area contributed by atoms with Crippen LogP contribution in [0.4, 0.5) is 0 Å². The fourth-order valence-corrected chi connectivity index (χ4v) is 1.64. The minimum absolute atomic E-state index is 0.181. The molecule has 0 saturated heterocycles. The molecule has 0 spiro atoms. The molecule has 2 rings (SSSR count). The largest absolute Gasteiger partial charge is 0.323 e. The van der Waals surface area contributed by atoms with Crippen LogP contribution in [0.15, 0.2) is 16.2 Å². The first-order chi connectivity index (χ1) is 6.68. The first kappa shape index (κ1) is 9.08. The number of H-pyrrole nitrogens is 1. The normalized spacial score (nSPS) is 10.4. The van der Waals surface area contributed by atoms with Crippen molar-refractivity contribution in [2.45, 2.75) is 13.8 Å². The lowest BCUT2D eigenvalue weighted by molar-refractivity contribution is 1.01. The number of nitrogens with zero attached hydrogens (tertiary/aromatic N) is 2. The molecule has 2 aromatic heterocycles. The van der Waals surface area contributed by atoms with E-state index in [1.165, 1.54) is 11.5 Å². The maximum atomic E-state index is 11.5. The fourth-order valence-electron chi connectivity index (χ4n) is 1.13. The third-order valence-electron chi connectivity index (χ3n) is 2.02. The van der Waals surface area contributed by atoms with E-state index in [0.29, 0.717) is 11.4 Å². The Morgan fingerprint density at radius 1 is 1.43 bits per heavy atom. The Morgan fingerprint density at radius 3 is 2.86 bits per heavy atom. The molecule has 0 unspecified atom stereocenters. The summed E-state index contributed by atoms with van der Waals surface area (Å²) in [6.07, 6.45) is 0. The first-order valence-electron chi connectivity index (χ1n) is 4.17. The van der Waals surface area contributed by atoms with Crippen molar-refractivity contribution < 1.29 is 0 Å². The van der Waals surface area contributed by atoms with E-state index in [4.69, 9.17) is 0 Å². The highest BCUT2D eigenvalue weighted by atomic mass is 32.1. The summed E-state index contributed by atoms with van der Waals surface area (Å²) in [5.74, 6) is 0. The smallest absolute Gasteiger partial charge is 0.276 e. The highest BCUT2D eigenvalue weighted by Crippen LogP contribution is 2.12. The molecular formula is C9H9N3OS. The summed E-state index contributed by atoms with van der Waals surface area (Å²) in [6.45, 7) is 3.69. The van der Waals surface area contributed by atoms with Crippen molar-refractivity contribution in [3.05, 3.63) is 33.2 Å². The van der Waals surface area contributed by atoms with Crippen LogP contribution in [0.3, 0.4) is 0 Å². The third-order valence-corrected chi connectivity index (χ3v) is 2.58. The highest BCUT2D eigenvalue weighted by Gasteiger charge is 2.08. The second-order valence-corrected chi connectivity index (χ2v) is 3.68. The van der Waals surface area contributed by atoms with E-state index in [2.05, 4.69) is 14.3 Å². The van der Waals surface area contributed by atoms with E-state index < -0.39 is 0 Å². The zero-order valence-electron chi connectivity index (χ0n) is 7.87. The molecule has 1 N–H and O–H groups in total. The maximum Gasteiger partial charge on any atom is 0.276 e. The second kappa shape index (κ2) is 3.34. The molecule has 5 heteroatoms. The molecule has 0 aliphatic carbocycles. The van der Waals surface area contributed by atoms with E-state index >= 15 is 0 Å². The van der Waals surface area contributed by atoms with Crippen LogP contribution in [0.5, 0.6) is 0 Å². The lowest BCUT2D eigenvalue weighted by Gasteiger charge is -2.00. The van der Waals surface area contributed by atoms with E-state index in [1.54, 1.807) is 6.07 Å². The molecule has 0 atom stereocenters. The number of aryl methyl sites for hydroxylation is 2. The average Bonchev–Trinajstić information content (AvgIpc) is 2.64. The van der Waals surface area contributed by atoms with Crippen molar-refractivity contribution in [2.75, 3.05) is 0 Å². The summed E-state index contributed by atoms with van der Waals surface area (Å²) < 4.78 is 4.08. The van der Waals surface area contributed by atoms with Gasteiger partial charge in [0.1, 0.15) is 5.69 Å². The molecule has 4 nitrogen and oxygen atoms in total. The number of hydrogen-bond acceptors (Lipinski definition) is 4. The zero-order valence-corrected chi connectivity index (χ0v) is 8.68. The molecule has 0 aromatic carbocycles. The quantitative estimate of drug-likeness (QED) is 0.771. The number of aromatic amines is 1. The minimum Gasteiger partial charge on any atom is -0.323 e. The predicted molar refractivity (Wildman–Crippen MR) is 55.4 cm³/mol. The van der Waals surface area contributed by atoms with Gasteiger partial charge in [-0.25, -0.2) is 4.98 Å². The summed E-state index contributed by atoms with van der Waals surface area (Å²) in [6, 6.07) is 1.79. The Morgan fingerprint density at radius 2 is 2.21 bits per heavy atom. The lowest BCUT2D eigenvalue weighted by atomic mass is 10.3. The molecule has 0 fully saturated rings. The second-order valence-electron chi connectivity index (χ2n) is 3.01. The average molecular weight is 207 g/mol. The van der Waals surface area contributed by atoms with Gasteiger partial charge in [0.25, 0.3) is 5.56 Å². The molecule has 72 valence electrons. The Balaban J connectivity index is 2.66. The molecule has 0 saturated carbocycles. The van der Waals surface area contributed by atoms with Crippen LogP contribution in [0.1, 0.15) is 11.4 Å². The summed E-state index contributed by atoms with van der Waals surface area (Å²) in [7, 11) is 0. The molecule has 2 aromatic rings. The van der Waals surface area contributed by atoms with Gasteiger partial charge in [0.2, 0.25) is 0 Å². The van der Waals surface area contributed by atoms with Crippen molar-refractivity contribution in [1.29, 1.82) is 0 Å².